The average Bonchev–Trinajstić information content (AvgIpc) is 1.61. The fraction of sp³-hybridized carbons (Fsp3) is 0.800. The van der Waals surface area contributed by atoms with E-state index in [1.165, 1.54) is 0 Å². The van der Waals surface area contributed by atoms with Gasteiger partial charge in [0.05, 0.1) is 0 Å². The summed E-state index contributed by atoms with van der Waals surface area (Å²) < 4.78 is 0. The fourth-order valence-corrected chi connectivity index (χ4v) is 0.328. The molecule has 0 fully saturated rings. The van der Waals surface area contributed by atoms with E-state index >= 15 is 0 Å². The van der Waals surface area contributed by atoms with E-state index in [0.29, 0.717) is 6.42 Å². The number of carbonyl (C=O) groups is 1. The molecule has 0 atom stereocenters. The molecule has 0 aromatic carbocycles. The molecule has 0 amide bonds. The molecule has 1 N–H and O–H groups in total. The normalized spacial score (nSPS) is 6.10. The predicted molar refractivity (Wildman–Crippen MR) is 35.1 cm³/mol. The second-order valence-electron chi connectivity index (χ2n) is 1.50. The summed E-state index contributed by atoms with van der Waals surface area (Å²) in [5.74, 6) is -0.693. The molecule has 2 nitrogen and oxygen atoms in total. The number of aliphatic carboxylic acids is 1. The quantitative estimate of drug-likeness (QED) is 0.763. The maximum absolute atomic E-state index is 9.76. The van der Waals surface area contributed by atoms with Crippen LogP contribution in [0.1, 0.15) is 29.0 Å². The van der Waals surface area contributed by atoms with Gasteiger partial charge in [-0.3, -0.25) is 4.79 Å². The molecule has 5 heteroatoms. The van der Waals surface area contributed by atoms with E-state index in [9.17, 15) is 4.79 Å². The van der Waals surface area contributed by atoms with Gasteiger partial charge in [0.25, 0.3) is 0 Å². The van der Waals surface area contributed by atoms with Gasteiger partial charge in [-0.05, 0) is 6.42 Å². The topological polar surface area (TPSA) is 37.3 Å². The van der Waals surface area contributed by atoms with Crippen molar-refractivity contribution in [3.8, 4) is 0 Å². The van der Waals surface area contributed by atoms with Crippen molar-refractivity contribution >= 4 is 54.9 Å². The van der Waals surface area contributed by atoms with Gasteiger partial charge in [-0.1, -0.05) is 13.3 Å². The standard InChI is InChI=1S/C5H10O2.Ba.Cu.Ni.2H/c1-2-3-4-5(6)7;;;;;/h2-4H2,1H3,(H,6,7);;;;;/q;+2;;;2*-1. The molecule has 0 heterocycles. The molecule has 0 aromatic rings. The molecule has 0 saturated carbocycles. The number of carboxylic acids is 1. The third kappa shape index (κ3) is 22.5. The van der Waals surface area contributed by atoms with Gasteiger partial charge >= 0.3 is 54.9 Å². The molecule has 0 aliphatic heterocycles. The van der Waals surface area contributed by atoms with E-state index in [4.69, 9.17) is 5.11 Å². The molecule has 0 spiro atoms. The van der Waals surface area contributed by atoms with Gasteiger partial charge in [-0.25, -0.2) is 0 Å². The van der Waals surface area contributed by atoms with Crippen molar-refractivity contribution in [1.82, 2.24) is 0 Å². The minimum Gasteiger partial charge on any atom is -1.00 e. The summed E-state index contributed by atoms with van der Waals surface area (Å²) in [5, 5.41) is 8.04. The molecular formula is C5H12BaCuNiO2. The van der Waals surface area contributed by atoms with Gasteiger partial charge in [0.15, 0.2) is 0 Å². The Labute approximate surface area is 125 Å². The van der Waals surface area contributed by atoms with Crippen molar-refractivity contribution in [3.63, 3.8) is 0 Å². The molecule has 0 aliphatic rings. The van der Waals surface area contributed by atoms with Crippen LogP contribution in [-0.4, -0.2) is 60.0 Å². The zero-order chi connectivity index (χ0) is 5.70. The number of rotatable bonds is 3. The second-order valence-corrected chi connectivity index (χ2v) is 1.50. The first kappa shape index (κ1) is 22.7. The van der Waals surface area contributed by atoms with Crippen LogP contribution in [-0.2, 0) is 38.4 Å². The van der Waals surface area contributed by atoms with E-state index in [1.54, 1.807) is 0 Å². The van der Waals surface area contributed by atoms with Crippen molar-refractivity contribution < 1.29 is 46.3 Å². The van der Waals surface area contributed by atoms with Crippen LogP contribution in [0.5, 0.6) is 0 Å². The first-order chi connectivity index (χ1) is 3.27. The van der Waals surface area contributed by atoms with Crippen LogP contribution in [0.3, 0.4) is 0 Å². The third-order valence-corrected chi connectivity index (χ3v) is 0.744. The van der Waals surface area contributed by atoms with Gasteiger partial charge in [0.1, 0.15) is 0 Å². The zero-order valence-corrected chi connectivity index (χ0v) is 12.2. The van der Waals surface area contributed by atoms with Crippen LogP contribution in [0.25, 0.3) is 0 Å². The Morgan fingerprint density at radius 1 is 1.60 bits per heavy atom. The Kier molecular flexibility index (Phi) is 39.1. The fourth-order valence-electron chi connectivity index (χ4n) is 0.328. The van der Waals surface area contributed by atoms with Crippen LogP contribution < -0.4 is 0 Å². The molecule has 1 radical (unpaired) electrons. The maximum Gasteiger partial charge on any atom is 2.00 e. The van der Waals surface area contributed by atoms with E-state index in [2.05, 4.69) is 0 Å². The Bertz CT molecular complexity index is 80.5. The van der Waals surface area contributed by atoms with Gasteiger partial charge in [-0.2, -0.15) is 0 Å². The van der Waals surface area contributed by atoms with Crippen molar-refractivity contribution in [2.75, 3.05) is 0 Å². The second kappa shape index (κ2) is 17.2. The molecule has 0 unspecified atom stereocenters. The summed E-state index contributed by atoms with van der Waals surface area (Å²) in [7, 11) is 0. The first-order valence-electron chi connectivity index (χ1n) is 2.49. The molecule has 0 saturated heterocycles. The molecule has 0 aromatic heterocycles. The van der Waals surface area contributed by atoms with E-state index in [0.717, 1.165) is 12.8 Å². The van der Waals surface area contributed by atoms with Gasteiger partial charge in [0, 0.05) is 40.0 Å². The average molecular weight is 364 g/mol. The predicted octanol–water partition coefficient (Wildman–Crippen LogP) is 1.10. The van der Waals surface area contributed by atoms with Crippen molar-refractivity contribution in [3.05, 3.63) is 0 Å². The van der Waals surface area contributed by atoms with E-state index < -0.39 is 5.97 Å². The summed E-state index contributed by atoms with van der Waals surface area (Å²) >= 11 is 0. The number of hydrogen-bond donors (Lipinski definition) is 1. The molecule has 67 valence electrons. The van der Waals surface area contributed by atoms with Gasteiger partial charge in [0.2, 0.25) is 0 Å². The van der Waals surface area contributed by atoms with Crippen LogP contribution in [0, 0.1) is 0 Å². The summed E-state index contributed by atoms with van der Waals surface area (Å²) in [6, 6.07) is 0. The molecule has 0 rings (SSSR count). The Balaban J connectivity index is -0.0000000180. The van der Waals surface area contributed by atoms with E-state index in [-0.39, 0.29) is 85.3 Å². The maximum atomic E-state index is 9.76. The van der Waals surface area contributed by atoms with E-state index in [1.807, 2.05) is 6.92 Å². The first-order valence-corrected chi connectivity index (χ1v) is 2.49. The summed E-state index contributed by atoms with van der Waals surface area (Å²) in [5.41, 5.74) is 0. The van der Waals surface area contributed by atoms with Crippen molar-refractivity contribution in [2.24, 2.45) is 0 Å². The SMILES string of the molecule is CCCCC(=O)O.[Ba+2].[Cu].[H-].[H-].[Ni]. The zero-order valence-electron chi connectivity index (χ0n) is 7.80. The number of unbranched alkanes of at least 4 members (excludes halogenated alkanes) is 1. The van der Waals surface area contributed by atoms with Crippen LogP contribution in [0.15, 0.2) is 0 Å². The monoisotopic (exact) mass is 363 g/mol. The minimum atomic E-state index is -0.693. The molecular weight excluding hydrogens is 352 g/mol. The Morgan fingerprint density at radius 2 is 2.00 bits per heavy atom. The summed E-state index contributed by atoms with van der Waals surface area (Å²) in [4.78, 5) is 9.76. The number of carboxylic acid groups (broad SMARTS) is 1. The van der Waals surface area contributed by atoms with Crippen LogP contribution in [0.2, 0.25) is 0 Å². The Morgan fingerprint density at radius 3 is 2.10 bits per heavy atom. The number of hydrogen-bond acceptors (Lipinski definition) is 1. The van der Waals surface area contributed by atoms with Gasteiger partial charge in [-0.15, -0.1) is 0 Å². The summed E-state index contributed by atoms with van der Waals surface area (Å²) in [6.45, 7) is 1.98. The van der Waals surface area contributed by atoms with Crippen LogP contribution in [0.4, 0.5) is 0 Å². The molecule has 0 bridgehead atoms. The smallest absolute Gasteiger partial charge is 1.00 e. The van der Waals surface area contributed by atoms with Crippen molar-refractivity contribution in [2.45, 2.75) is 26.2 Å². The van der Waals surface area contributed by atoms with Gasteiger partial charge < -0.3 is 7.96 Å². The third-order valence-electron chi connectivity index (χ3n) is 0.744. The molecule has 0 aliphatic carbocycles. The molecule has 10 heavy (non-hydrogen) atoms. The largest absolute Gasteiger partial charge is 2.00 e. The Hall–Kier alpha value is 2.05. The van der Waals surface area contributed by atoms with Crippen molar-refractivity contribution in [1.29, 1.82) is 0 Å². The minimum absolute atomic E-state index is 0. The summed E-state index contributed by atoms with van der Waals surface area (Å²) in [6.07, 6.45) is 2.08. The van der Waals surface area contributed by atoms with Crippen LogP contribution >= 0.6 is 0 Å².